The van der Waals surface area contributed by atoms with Gasteiger partial charge in [-0.05, 0) is 69.7 Å². The number of carbonyl (C=O) groups is 1. The molecule has 2 heterocycles. The van der Waals surface area contributed by atoms with E-state index in [0.717, 1.165) is 100 Å². The van der Waals surface area contributed by atoms with E-state index in [1.807, 2.05) is 24.3 Å². The van der Waals surface area contributed by atoms with Crippen LogP contribution in [0.1, 0.15) is 44.6 Å². The van der Waals surface area contributed by atoms with Gasteiger partial charge in [-0.3, -0.25) is 9.69 Å². The van der Waals surface area contributed by atoms with Crippen molar-refractivity contribution in [2.45, 2.75) is 51.1 Å². The molecular formula is C27H43ClN3O3S3Tc+. The number of rotatable bonds is 13. The summed E-state index contributed by atoms with van der Waals surface area (Å²) in [5.41, 5.74) is 1.19. The molecule has 2 fully saturated rings. The van der Waals surface area contributed by atoms with Gasteiger partial charge in [0.25, 0.3) is 0 Å². The van der Waals surface area contributed by atoms with Crippen LogP contribution in [-0.4, -0.2) is 103 Å². The van der Waals surface area contributed by atoms with Crippen LogP contribution in [0.3, 0.4) is 0 Å². The van der Waals surface area contributed by atoms with Crippen molar-refractivity contribution in [3.63, 3.8) is 0 Å². The number of halogens is 1. The van der Waals surface area contributed by atoms with Gasteiger partial charge in [-0.15, -0.1) is 0 Å². The van der Waals surface area contributed by atoms with Crippen LogP contribution >= 0.6 is 11.6 Å². The topological polar surface area (TPSA) is 53.1 Å². The maximum atomic E-state index is 12.5. The Kier molecular flexibility index (Phi) is 20.2. The number of ether oxygens (including phenoxy) is 1. The number of fused-ring (bicyclic) bond motifs is 2. The summed E-state index contributed by atoms with van der Waals surface area (Å²) in [7, 11) is 1.49. The minimum absolute atomic E-state index is 0.0975. The standard InChI is InChI=1S/C17H22ClNO2S.C10H24N2S2.O.Tc/c1-21-17(20)16-14(11-2-4-12(18)5-3-11)10-13-6-7-15(16)19(13)8-9-22;1-3-11(4-2)5-6-12(7-9-13)8-10-14;;/h2-5,13-16,22H,6-10H2,1H3;13-14H,3-10H2,1-2H3;;/q;;;+4/p-3/t13?,14-,15?,16+;;;/m1.../s1/i;;;1+1. The number of methoxy groups -OCH3 is 1. The molecule has 1 aromatic carbocycles. The SMILES string of the molecule is CCN(CC)CCN(CC[S-])CC[S-].COC(=O)[C@@H]1C2CCC(C[C@@H]1c1ccc(Cl)cc1)N2CC[S-].[O]=[99Tc+4]. The fourth-order valence-electron chi connectivity index (χ4n) is 5.69. The molecule has 38 heavy (non-hydrogen) atoms. The average Bonchev–Trinajstić information content (AvgIpc) is 3.21. The zero-order valence-corrected chi connectivity index (χ0v) is 27.9. The van der Waals surface area contributed by atoms with Crippen LogP contribution in [0.5, 0.6) is 0 Å². The molecule has 0 amide bonds. The van der Waals surface area contributed by atoms with E-state index in [0.29, 0.717) is 11.8 Å². The Morgan fingerprint density at radius 2 is 1.55 bits per heavy atom. The van der Waals surface area contributed by atoms with Crippen LogP contribution in [0.25, 0.3) is 0 Å². The fraction of sp³-hybridized carbons (Fsp3) is 0.741. The normalized spacial score (nSPS) is 22.5. The molecule has 215 valence electrons. The van der Waals surface area contributed by atoms with Gasteiger partial charge in [0, 0.05) is 36.1 Å². The third-order valence-corrected chi connectivity index (χ3v) is 8.43. The van der Waals surface area contributed by atoms with Gasteiger partial charge < -0.3 is 52.4 Å². The molecule has 0 radical (unpaired) electrons. The van der Waals surface area contributed by atoms with E-state index >= 15 is 0 Å². The summed E-state index contributed by atoms with van der Waals surface area (Å²) < 4.78 is 13.3. The van der Waals surface area contributed by atoms with Crippen LogP contribution in [-0.2, 0) is 69.8 Å². The van der Waals surface area contributed by atoms with E-state index in [4.69, 9.17) is 57.7 Å². The van der Waals surface area contributed by atoms with E-state index in [9.17, 15) is 4.79 Å². The van der Waals surface area contributed by atoms with Crippen molar-refractivity contribution >= 4 is 55.5 Å². The maximum absolute atomic E-state index is 12.5. The van der Waals surface area contributed by atoms with E-state index in [1.54, 1.807) is 0 Å². The Bertz CT molecular complexity index is 774. The first-order valence-electron chi connectivity index (χ1n) is 13.4. The Labute approximate surface area is 262 Å². The Balaban J connectivity index is 0.000000393. The molecule has 2 bridgehead atoms. The molecule has 2 aliphatic rings. The Morgan fingerprint density at radius 1 is 0.974 bits per heavy atom. The number of likely N-dealkylation sites (N-methyl/N-ethyl adjacent to an activating group) is 1. The molecule has 2 unspecified atom stereocenters. The first-order valence-corrected chi connectivity index (χ1v) is 16.2. The van der Waals surface area contributed by atoms with Gasteiger partial charge in [-0.25, -0.2) is 0 Å². The summed E-state index contributed by atoms with van der Waals surface area (Å²) in [5, 5.41) is 0.727. The van der Waals surface area contributed by atoms with Crippen molar-refractivity contribution in [2.24, 2.45) is 5.92 Å². The first-order chi connectivity index (χ1) is 18.4. The number of benzene rings is 1. The van der Waals surface area contributed by atoms with E-state index in [-0.39, 0.29) is 23.8 Å². The summed E-state index contributed by atoms with van der Waals surface area (Å²) in [6.07, 6.45) is 3.20. The van der Waals surface area contributed by atoms with Gasteiger partial charge in [0.1, 0.15) is 0 Å². The third-order valence-electron chi connectivity index (χ3n) is 7.63. The molecule has 6 nitrogen and oxygen atoms in total. The van der Waals surface area contributed by atoms with Crippen molar-refractivity contribution in [3.05, 3.63) is 34.9 Å². The third kappa shape index (κ3) is 11.3. The number of hydrogen-bond donors (Lipinski definition) is 0. The summed E-state index contributed by atoms with van der Waals surface area (Å²) in [4.78, 5) is 19.7. The second-order valence-corrected chi connectivity index (χ2v) is 11.1. The first kappa shape index (κ1) is 36.4. The predicted molar refractivity (Wildman–Crippen MR) is 159 cm³/mol. The number of nitrogens with zero attached hydrogens (tertiary/aromatic N) is 3. The van der Waals surface area contributed by atoms with Crippen LogP contribution in [0, 0.1) is 5.92 Å². The molecule has 2 saturated heterocycles. The van der Waals surface area contributed by atoms with Crippen LogP contribution in [0.15, 0.2) is 24.3 Å². The van der Waals surface area contributed by atoms with Crippen molar-refractivity contribution in [1.29, 1.82) is 0 Å². The molecule has 0 saturated carbocycles. The molecule has 3 rings (SSSR count). The molecule has 0 spiro atoms. The number of carbonyl (C=O) groups excluding carboxylic acids is 1. The summed E-state index contributed by atoms with van der Waals surface area (Å²) >= 11 is 22.0. The molecule has 0 N–H and O–H groups in total. The molecule has 11 heteroatoms. The predicted octanol–water partition coefficient (Wildman–Crippen LogP) is 3.60. The van der Waals surface area contributed by atoms with E-state index in [2.05, 4.69) is 28.5 Å². The van der Waals surface area contributed by atoms with Crippen molar-refractivity contribution in [2.75, 3.05) is 70.2 Å². The quantitative estimate of drug-likeness (QED) is 0.229. The van der Waals surface area contributed by atoms with Crippen molar-refractivity contribution < 1.29 is 31.9 Å². The van der Waals surface area contributed by atoms with E-state index in [1.165, 1.54) is 12.7 Å². The summed E-state index contributed by atoms with van der Waals surface area (Å²) in [6.45, 7) is 11.8. The molecular weight excluding hydrogens is 645 g/mol. The number of hydrogen-bond acceptors (Lipinski definition) is 9. The van der Waals surface area contributed by atoms with E-state index < -0.39 is 0 Å². The molecule has 4 atom stereocenters. The second-order valence-electron chi connectivity index (χ2n) is 9.46. The van der Waals surface area contributed by atoms with Gasteiger partial charge in [-0.2, -0.15) is 17.3 Å². The Hall–Kier alpha value is 0.359. The monoisotopic (exact) mass is 687 g/mol. The zero-order valence-electron chi connectivity index (χ0n) is 22.9. The van der Waals surface area contributed by atoms with Gasteiger partial charge >= 0.3 is 28.3 Å². The van der Waals surface area contributed by atoms with Gasteiger partial charge in [0.05, 0.1) is 13.0 Å². The van der Waals surface area contributed by atoms with Crippen LogP contribution in [0.2, 0.25) is 5.02 Å². The summed E-state index contributed by atoms with van der Waals surface area (Å²) in [5.74, 6) is 2.35. The second kappa shape index (κ2) is 21.1. The fourth-order valence-corrected chi connectivity index (χ4v) is 6.55. The van der Waals surface area contributed by atoms with Crippen molar-refractivity contribution in [1.82, 2.24) is 14.7 Å². The zero-order chi connectivity index (χ0) is 28.5. The molecule has 0 aromatic heterocycles. The summed E-state index contributed by atoms with van der Waals surface area (Å²) in [6, 6.07) is 8.70. The van der Waals surface area contributed by atoms with Crippen molar-refractivity contribution in [3.8, 4) is 0 Å². The number of piperidine rings is 1. The Morgan fingerprint density at radius 3 is 2.05 bits per heavy atom. The van der Waals surface area contributed by atoms with Gasteiger partial charge in [0.15, 0.2) is 0 Å². The molecule has 1 aromatic rings. The van der Waals surface area contributed by atoms with Gasteiger partial charge in [-0.1, -0.05) is 37.6 Å². The van der Waals surface area contributed by atoms with Crippen LogP contribution < -0.4 is 0 Å². The molecule has 2 aliphatic heterocycles. The van der Waals surface area contributed by atoms with Gasteiger partial charge in [0.2, 0.25) is 0 Å². The molecule has 0 aliphatic carbocycles. The van der Waals surface area contributed by atoms with Crippen LogP contribution in [0.4, 0.5) is 0 Å². The number of esters is 1. The average molecular weight is 688 g/mol. The minimum atomic E-state index is -0.105.